The number of hydrogen-bond acceptors (Lipinski definition) is 4. The molecule has 0 unspecified atom stereocenters. The van der Waals surface area contributed by atoms with Crippen LogP contribution in [0, 0.1) is 6.92 Å². The molecule has 126 valence electrons. The van der Waals surface area contributed by atoms with Crippen LogP contribution in [0.25, 0.3) is 0 Å². The number of amides is 1. The van der Waals surface area contributed by atoms with Crippen LogP contribution in [0.5, 0.6) is 5.75 Å². The third-order valence-corrected chi connectivity index (χ3v) is 5.16. The lowest BCUT2D eigenvalue weighted by Crippen LogP contribution is -2.32. The van der Waals surface area contributed by atoms with E-state index in [2.05, 4.69) is 0 Å². The molecule has 0 aromatic heterocycles. The fourth-order valence-corrected chi connectivity index (χ4v) is 3.30. The molecule has 2 aromatic carbocycles. The van der Waals surface area contributed by atoms with Crippen molar-refractivity contribution >= 4 is 21.4 Å². The number of hydrogen-bond donors (Lipinski definition) is 0. The van der Waals surface area contributed by atoms with Crippen LogP contribution >= 0.6 is 0 Å². The molecule has 0 N–H and O–H groups in total. The van der Waals surface area contributed by atoms with E-state index in [1.54, 1.807) is 17.0 Å². The first-order valence-corrected chi connectivity index (χ1v) is 9.58. The molecule has 1 amide bonds. The lowest BCUT2D eigenvalue weighted by molar-refractivity contribution is -0.122. The summed E-state index contributed by atoms with van der Waals surface area (Å²) in [5.41, 5.74) is 2.01. The largest absolute Gasteiger partial charge is 0.481 e. The Morgan fingerprint density at radius 3 is 2.25 bits per heavy atom. The normalized spacial score (nSPS) is 18.0. The second-order valence-corrected chi connectivity index (χ2v) is 7.98. The zero-order valence-corrected chi connectivity index (χ0v) is 14.4. The molecular weight excluding hydrogens is 326 g/mol. The van der Waals surface area contributed by atoms with Gasteiger partial charge in [-0.3, -0.25) is 4.79 Å². The number of rotatable bonds is 4. The molecule has 2 aromatic rings. The van der Waals surface area contributed by atoms with Gasteiger partial charge in [-0.15, -0.1) is 0 Å². The predicted octanol–water partition coefficient (Wildman–Crippen LogP) is 2.58. The fraction of sp³-hybridized carbons (Fsp3) is 0.278. The van der Waals surface area contributed by atoms with E-state index in [0.29, 0.717) is 18.7 Å². The Balaban J connectivity index is 1.71. The maximum absolute atomic E-state index is 12.5. The molecule has 0 radical (unpaired) electrons. The average molecular weight is 345 g/mol. The highest BCUT2D eigenvalue weighted by molar-refractivity contribution is 7.90. The van der Waals surface area contributed by atoms with E-state index in [0.717, 1.165) is 17.5 Å². The Morgan fingerprint density at radius 1 is 1.04 bits per heavy atom. The van der Waals surface area contributed by atoms with Crippen molar-refractivity contribution in [3.63, 3.8) is 0 Å². The van der Waals surface area contributed by atoms with E-state index in [1.165, 1.54) is 12.1 Å². The second-order valence-electron chi connectivity index (χ2n) is 5.96. The first-order chi connectivity index (χ1) is 11.3. The van der Waals surface area contributed by atoms with Crippen molar-refractivity contribution in [2.45, 2.75) is 24.3 Å². The number of sulfone groups is 1. The van der Waals surface area contributed by atoms with Crippen molar-refractivity contribution in [1.29, 1.82) is 0 Å². The highest BCUT2D eigenvalue weighted by Crippen LogP contribution is 2.25. The Kier molecular flexibility index (Phi) is 4.32. The van der Waals surface area contributed by atoms with Gasteiger partial charge >= 0.3 is 0 Å². The fourth-order valence-electron chi connectivity index (χ4n) is 2.67. The van der Waals surface area contributed by atoms with Gasteiger partial charge in [-0.2, -0.15) is 0 Å². The molecule has 1 atom stereocenters. The molecule has 0 spiro atoms. The van der Waals surface area contributed by atoms with Gasteiger partial charge in [0.25, 0.3) is 5.91 Å². The van der Waals surface area contributed by atoms with E-state index >= 15 is 0 Å². The Hall–Kier alpha value is -2.34. The van der Waals surface area contributed by atoms with E-state index < -0.39 is 15.9 Å². The molecule has 0 saturated carbocycles. The summed E-state index contributed by atoms with van der Waals surface area (Å²) in [5, 5.41) is 0. The van der Waals surface area contributed by atoms with E-state index in [9.17, 15) is 13.2 Å². The van der Waals surface area contributed by atoms with Crippen molar-refractivity contribution in [2.24, 2.45) is 0 Å². The van der Waals surface area contributed by atoms with Crippen molar-refractivity contribution in [1.82, 2.24) is 0 Å². The van der Waals surface area contributed by atoms with Gasteiger partial charge in [0.05, 0.1) is 4.90 Å². The summed E-state index contributed by atoms with van der Waals surface area (Å²) in [7, 11) is -3.24. The molecule has 0 aliphatic carbocycles. The minimum absolute atomic E-state index is 0.0777. The maximum atomic E-state index is 12.5. The van der Waals surface area contributed by atoms with Gasteiger partial charge < -0.3 is 9.64 Å². The SMILES string of the molecule is Cc1ccc(N2CC[C@@H](Oc3ccc(S(C)(=O)=O)cc3)C2=O)cc1. The molecular formula is C18H19NO4S. The van der Waals surface area contributed by atoms with Gasteiger partial charge in [0.2, 0.25) is 0 Å². The van der Waals surface area contributed by atoms with Crippen LogP contribution < -0.4 is 9.64 Å². The van der Waals surface area contributed by atoms with E-state index in [1.807, 2.05) is 31.2 Å². The minimum Gasteiger partial charge on any atom is -0.481 e. The highest BCUT2D eigenvalue weighted by atomic mass is 32.2. The molecule has 1 aliphatic heterocycles. The molecule has 1 fully saturated rings. The van der Waals surface area contributed by atoms with E-state index in [4.69, 9.17) is 4.74 Å². The lowest BCUT2D eigenvalue weighted by atomic mass is 10.2. The summed E-state index contributed by atoms with van der Waals surface area (Å²) < 4.78 is 28.7. The summed E-state index contributed by atoms with van der Waals surface area (Å²) in [6, 6.07) is 13.9. The smallest absolute Gasteiger partial charge is 0.268 e. The van der Waals surface area contributed by atoms with Crippen LogP contribution in [0.15, 0.2) is 53.4 Å². The van der Waals surface area contributed by atoms with Crippen molar-refractivity contribution in [3.05, 3.63) is 54.1 Å². The standard InChI is InChI=1S/C18H19NO4S/c1-13-3-5-14(6-4-13)19-12-11-17(18(19)20)23-15-7-9-16(10-8-15)24(2,21)22/h3-10,17H,11-12H2,1-2H3/t17-/m1/s1. The van der Waals surface area contributed by atoms with Crippen molar-refractivity contribution in [2.75, 3.05) is 17.7 Å². The van der Waals surface area contributed by atoms with E-state index in [-0.39, 0.29) is 10.8 Å². The van der Waals surface area contributed by atoms with Crippen LogP contribution in [0.4, 0.5) is 5.69 Å². The number of aryl methyl sites for hydroxylation is 1. The molecule has 1 aliphatic rings. The quantitative estimate of drug-likeness (QED) is 0.854. The first kappa shape index (κ1) is 16.5. The monoisotopic (exact) mass is 345 g/mol. The number of ether oxygens (including phenoxy) is 1. The predicted molar refractivity (Wildman–Crippen MR) is 92.1 cm³/mol. The van der Waals surface area contributed by atoms with Gasteiger partial charge in [0, 0.05) is 24.9 Å². The van der Waals surface area contributed by atoms with Gasteiger partial charge in [-0.1, -0.05) is 17.7 Å². The highest BCUT2D eigenvalue weighted by Gasteiger charge is 2.34. The maximum Gasteiger partial charge on any atom is 0.268 e. The number of benzene rings is 2. The number of nitrogens with zero attached hydrogens (tertiary/aromatic N) is 1. The second kappa shape index (κ2) is 6.28. The zero-order chi connectivity index (χ0) is 17.3. The molecule has 3 rings (SSSR count). The molecule has 5 nitrogen and oxygen atoms in total. The Labute approximate surface area is 141 Å². The summed E-state index contributed by atoms with van der Waals surface area (Å²) in [4.78, 5) is 14.5. The van der Waals surface area contributed by atoms with Crippen molar-refractivity contribution < 1.29 is 17.9 Å². The summed E-state index contributed by atoms with van der Waals surface area (Å²) in [6.45, 7) is 2.61. The van der Waals surface area contributed by atoms with Crippen LogP contribution in [0.1, 0.15) is 12.0 Å². The van der Waals surface area contributed by atoms with Gasteiger partial charge in [-0.25, -0.2) is 8.42 Å². The third kappa shape index (κ3) is 3.43. The molecule has 24 heavy (non-hydrogen) atoms. The summed E-state index contributed by atoms with van der Waals surface area (Å²) in [6.07, 6.45) is 1.21. The first-order valence-electron chi connectivity index (χ1n) is 7.69. The van der Waals surface area contributed by atoms with Crippen LogP contribution in [-0.2, 0) is 14.6 Å². The van der Waals surface area contributed by atoms with Crippen LogP contribution in [0.2, 0.25) is 0 Å². The molecule has 6 heteroatoms. The van der Waals surface area contributed by atoms with Gasteiger partial charge in [0.15, 0.2) is 15.9 Å². The van der Waals surface area contributed by atoms with Crippen LogP contribution in [0.3, 0.4) is 0 Å². The number of carbonyl (C=O) groups is 1. The number of carbonyl (C=O) groups excluding carboxylic acids is 1. The molecule has 0 bridgehead atoms. The van der Waals surface area contributed by atoms with Gasteiger partial charge in [0.1, 0.15) is 5.75 Å². The average Bonchev–Trinajstić information content (AvgIpc) is 2.89. The van der Waals surface area contributed by atoms with Crippen LogP contribution in [-0.4, -0.2) is 33.2 Å². The number of anilines is 1. The van der Waals surface area contributed by atoms with Gasteiger partial charge in [-0.05, 0) is 43.3 Å². The minimum atomic E-state index is -3.24. The Bertz CT molecular complexity index is 842. The Morgan fingerprint density at radius 2 is 1.67 bits per heavy atom. The van der Waals surface area contributed by atoms with Crippen molar-refractivity contribution in [3.8, 4) is 5.75 Å². The lowest BCUT2D eigenvalue weighted by Gasteiger charge is -2.17. The summed E-state index contributed by atoms with van der Waals surface area (Å²) in [5.74, 6) is 0.414. The summed E-state index contributed by atoms with van der Waals surface area (Å²) >= 11 is 0. The molecule has 1 heterocycles. The molecule has 1 saturated heterocycles. The third-order valence-electron chi connectivity index (χ3n) is 4.03. The topological polar surface area (TPSA) is 63.7 Å². The zero-order valence-electron chi connectivity index (χ0n) is 13.6.